The third kappa shape index (κ3) is 6.79. The first-order valence-electron chi connectivity index (χ1n) is 10.6. The van der Waals surface area contributed by atoms with Gasteiger partial charge >= 0.3 is 59.1 Å². The molecule has 0 fully saturated rings. The largest absolute Gasteiger partial charge is 1.00 e. The first kappa shape index (κ1) is 34.4. The van der Waals surface area contributed by atoms with E-state index in [0.29, 0.717) is 0 Å². The van der Waals surface area contributed by atoms with Gasteiger partial charge < -0.3 is 25.5 Å². The molecule has 1 amide bonds. The molecule has 0 bridgehead atoms. The average Bonchev–Trinajstić information content (AvgIpc) is 2.83. The number of ketones is 2. The molecule has 0 atom stereocenters. The number of nitrogens with two attached hydrogens (primary N) is 1. The SMILES string of the molecule is Nc1c(S(=O)(=O)[O-])cc(Nc2ccc(NC(=O)CCCl)c(S(=O)(=O)[O-])c2)c2c1C(=O)c1ccccc1C2=O.[Na+].[Na+]. The van der Waals surface area contributed by atoms with Crippen LogP contribution in [0.25, 0.3) is 0 Å². The van der Waals surface area contributed by atoms with Crippen LogP contribution in [0, 0.1) is 0 Å². The average molecular weight is 624 g/mol. The topological polar surface area (TPSA) is 216 Å². The zero-order chi connectivity index (χ0) is 28.0. The number of nitrogens with one attached hydrogen (secondary N) is 2. The van der Waals surface area contributed by atoms with Gasteiger partial charge in [0.1, 0.15) is 20.2 Å². The molecule has 0 aromatic heterocycles. The third-order valence-corrected chi connectivity index (χ3v) is 7.54. The molecule has 0 saturated heterocycles. The first-order chi connectivity index (χ1) is 17.7. The van der Waals surface area contributed by atoms with Gasteiger partial charge in [-0.1, -0.05) is 24.3 Å². The molecule has 198 valence electrons. The molecule has 0 heterocycles. The second-order valence-electron chi connectivity index (χ2n) is 8.02. The van der Waals surface area contributed by atoms with E-state index < -0.39 is 58.8 Å². The standard InChI is InChI=1S/C23H18ClN3O9S2.2Na/c24-8-7-18(28)27-14-6-5-11(9-16(14)37(31,32)33)26-15-10-17(38(34,35)36)21(25)20-19(15)22(29)12-3-1-2-4-13(12)23(20)30;;/h1-6,9-10,26H,7-8,25H2,(H,27,28)(H,31,32,33)(H,34,35,36);;/q;2*+1/p-2. The Kier molecular flexibility index (Phi) is 11.2. The molecule has 0 saturated carbocycles. The van der Waals surface area contributed by atoms with Crippen LogP contribution in [0.15, 0.2) is 58.3 Å². The summed E-state index contributed by atoms with van der Waals surface area (Å²) in [7, 11) is -10.4. The summed E-state index contributed by atoms with van der Waals surface area (Å²) in [6.45, 7) is 0. The Morgan fingerprint density at radius 3 is 1.90 bits per heavy atom. The molecule has 0 aliphatic heterocycles. The van der Waals surface area contributed by atoms with Crippen molar-refractivity contribution >= 4 is 72.1 Å². The minimum atomic E-state index is -5.24. The Labute approximate surface area is 278 Å². The number of alkyl halides is 1. The molecular formula is C23H16ClN3Na2O9S2. The van der Waals surface area contributed by atoms with E-state index in [1.165, 1.54) is 30.3 Å². The van der Waals surface area contributed by atoms with Crippen molar-refractivity contribution in [2.24, 2.45) is 0 Å². The molecule has 1 aliphatic rings. The van der Waals surface area contributed by atoms with Crippen LogP contribution in [0.4, 0.5) is 22.7 Å². The van der Waals surface area contributed by atoms with Gasteiger partial charge in [-0.2, -0.15) is 0 Å². The van der Waals surface area contributed by atoms with Crippen LogP contribution in [0.2, 0.25) is 0 Å². The number of halogens is 1. The monoisotopic (exact) mass is 623 g/mol. The molecule has 1 aliphatic carbocycles. The predicted octanol–water partition coefficient (Wildman–Crippen LogP) is -3.83. The van der Waals surface area contributed by atoms with Crippen molar-refractivity contribution in [2.45, 2.75) is 16.2 Å². The first-order valence-corrected chi connectivity index (χ1v) is 13.9. The molecule has 0 unspecified atom stereocenters. The number of hydrogen-bond donors (Lipinski definition) is 3. The van der Waals surface area contributed by atoms with E-state index in [9.17, 15) is 40.3 Å². The molecule has 3 aromatic rings. The van der Waals surface area contributed by atoms with Crippen molar-refractivity contribution in [3.8, 4) is 0 Å². The van der Waals surface area contributed by atoms with E-state index in [-0.39, 0.29) is 105 Å². The van der Waals surface area contributed by atoms with E-state index >= 15 is 0 Å². The maximum Gasteiger partial charge on any atom is 1.00 e. The van der Waals surface area contributed by atoms with Crippen LogP contribution in [-0.2, 0) is 25.0 Å². The number of amides is 1. The van der Waals surface area contributed by atoms with Gasteiger partial charge in [-0.05, 0) is 24.3 Å². The van der Waals surface area contributed by atoms with Gasteiger partial charge in [-0.15, -0.1) is 11.6 Å². The molecule has 3 aromatic carbocycles. The number of fused-ring (bicyclic) bond motifs is 2. The van der Waals surface area contributed by atoms with E-state index in [0.717, 1.165) is 18.2 Å². The van der Waals surface area contributed by atoms with Crippen LogP contribution >= 0.6 is 11.6 Å². The summed E-state index contributed by atoms with van der Waals surface area (Å²) in [4.78, 5) is 36.6. The van der Waals surface area contributed by atoms with Gasteiger partial charge in [-0.3, -0.25) is 14.4 Å². The van der Waals surface area contributed by atoms with Gasteiger partial charge in [0.05, 0.1) is 38.0 Å². The summed E-state index contributed by atoms with van der Waals surface area (Å²) in [5.41, 5.74) is 3.37. The maximum atomic E-state index is 13.4. The van der Waals surface area contributed by atoms with Gasteiger partial charge in [0.25, 0.3) is 0 Å². The number of nitrogen functional groups attached to an aromatic ring is 1. The Hall–Kier alpha value is -1.82. The van der Waals surface area contributed by atoms with Crippen molar-refractivity contribution in [1.82, 2.24) is 0 Å². The summed E-state index contributed by atoms with van der Waals surface area (Å²) < 4.78 is 71.5. The molecule has 4 N–H and O–H groups in total. The molecule has 12 nitrogen and oxygen atoms in total. The molecule has 40 heavy (non-hydrogen) atoms. The third-order valence-electron chi connectivity index (χ3n) is 5.59. The second-order valence-corrected chi connectivity index (χ2v) is 11.1. The van der Waals surface area contributed by atoms with Crippen LogP contribution in [-0.4, -0.2) is 49.3 Å². The summed E-state index contributed by atoms with van der Waals surface area (Å²) in [6, 6.07) is 9.57. The molecule has 4 rings (SSSR count). The summed E-state index contributed by atoms with van der Waals surface area (Å²) >= 11 is 5.50. The van der Waals surface area contributed by atoms with E-state index in [1.807, 2.05) is 0 Å². The van der Waals surface area contributed by atoms with Crippen LogP contribution < -0.4 is 75.5 Å². The molecule has 0 spiro atoms. The number of carbonyl (C=O) groups excluding carboxylic acids is 3. The number of rotatable bonds is 7. The minimum Gasteiger partial charge on any atom is -0.744 e. The summed E-state index contributed by atoms with van der Waals surface area (Å²) in [6.07, 6.45) is -0.165. The number of carbonyl (C=O) groups is 3. The van der Waals surface area contributed by atoms with E-state index in [2.05, 4.69) is 10.6 Å². The van der Waals surface area contributed by atoms with Crippen LogP contribution in [0.3, 0.4) is 0 Å². The van der Waals surface area contributed by atoms with Gasteiger partial charge in [0.2, 0.25) is 5.91 Å². The molecule has 0 radical (unpaired) electrons. The van der Waals surface area contributed by atoms with Gasteiger partial charge in [-0.25, -0.2) is 16.8 Å². The number of anilines is 4. The number of benzene rings is 3. The van der Waals surface area contributed by atoms with Crippen molar-refractivity contribution in [1.29, 1.82) is 0 Å². The van der Waals surface area contributed by atoms with Crippen molar-refractivity contribution in [2.75, 3.05) is 22.2 Å². The molecule has 17 heteroatoms. The Bertz CT molecular complexity index is 1770. The van der Waals surface area contributed by atoms with Crippen molar-refractivity contribution in [3.05, 3.63) is 70.8 Å². The smallest absolute Gasteiger partial charge is 0.744 e. The minimum absolute atomic E-state index is 0. The maximum absolute atomic E-state index is 13.4. The van der Waals surface area contributed by atoms with E-state index in [4.69, 9.17) is 17.3 Å². The second kappa shape index (κ2) is 13.0. The fourth-order valence-corrected chi connectivity index (χ4v) is 5.43. The quantitative estimate of drug-likeness (QED) is 0.0784. The zero-order valence-corrected chi connectivity index (χ0v) is 27.4. The van der Waals surface area contributed by atoms with Gasteiger partial charge in [0, 0.05) is 29.1 Å². The Morgan fingerprint density at radius 1 is 0.825 bits per heavy atom. The van der Waals surface area contributed by atoms with Crippen molar-refractivity contribution in [3.63, 3.8) is 0 Å². The number of hydrogen-bond acceptors (Lipinski definition) is 11. The summed E-state index contributed by atoms with van der Waals surface area (Å²) in [5, 5.41) is 4.86. The van der Waals surface area contributed by atoms with Crippen LogP contribution in [0.5, 0.6) is 0 Å². The normalized spacial score (nSPS) is 12.4. The summed E-state index contributed by atoms with van der Waals surface area (Å²) in [5.74, 6) is -2.25. The van der Waals surface area contributed by atoms with E-state index in [1.54, 1.807) is 0 Å². The van der Waals surface area contributed by atoms with Gasteiger partial charge in [0.15, 0.2) is 11.6 Å². The van der Waals surface area contributed by atoms with Crippen LogP contribution in [0.1, 0.15) is 38.3 Å². The van der Waals surface area contributed by atoms with Crippen molar-refractivity contribution < 1.29 is 99.4 Å². The fourth-order valence-electron chi connectivity index (χ4n) is 3.96. The fraction of sp³-hybridized carbons (Fsp3) is 0.0870. The Morgan fingerprint density at radius 2 is 1.38 bits per heavy atom. The molecular weight excluding hydrogens is 608 g/mol. The zero-order valence-electron chi connectivity index (χ0n) is 21.0. The predicted molar refractivity (Wildman–Crippen MR) is 134 cm³/mol. The Balaban J connectivity index is 0.00000280.